The number of carbonyl (C=O) groups is 2. The first kappa shape index (κ1) is 20.6. The lowest BCUT2D eigenvalue weighted by Crippen LogP contribution is -2.50. The smallest absolute Gasteiger partial charge is 0.306 e. The fourth-order valence-electron chi connectivity index (χ4n) is 4.16. The van der Waals surface area contributed by atoms with Gasteiger partial charge in [0.25, 0.3) is 5.91 Å². The zero-order chi connectivity index (χ0) is 20.7. The van der Waals surface area contributed by atoms with E-state index in [1.54, 1.807) is 7.05 Å². The summed E-state index contributed by atoms with van der Waals surface area (Å²) < 4.78 is 5.09. The van der Waals surface area contributed by atoms with Crippen molar-refractivity contribution in [3.63, 3.8) is 0 Å². The molecule has 0 spiro atoms. The molecule has 0 radical (unpaired) electrons. The van der Waals surface area contributed by atoms with Crippen LogP contribution in [0.15, 0.2) is 35.3 Å². The second-order valence-electron chi connectivity index (χ2n) is 7.61. The van der Waals surface area contributed by atoms with Crippen LogP contribution in [0, 0.1) is 11.5 Å². The van der Waals surface area contributed by atoms with Crippen LogP contribution in [0.2, 0.25) is 0 Å². The summed E-state index contributed by atoms with van der Waals surface area (Å²) in [6.07, 6.45) is 5.48. The van der Waals surface area contributed by atoms with Crippen molar-refractivity contribution in [1.82, 2.24) is 16.0 Å². The Morgan fingerprint density at radius 1 is 1.28 bits per heavy atom. The summed E-state index contributed by atoms with van der Waals surface area (Å²) in [5.41, 5.74) is 1.02. The van der Waals surface area contributed by atoms with Crippen LogP contribution in [0.4, 0.5) is 0 Å². The number of amides is 1. The zero-order valence-electron chi connectivity index (χ0n) is 16.6. The molecule has 0 unspecified atom stereocenters. The number of nitriles is 1. The number of hydrogen-bond acceptors (Lipinski definition) is 5. The van der Waals surface area contributed by atoms with Gasteiger partial charge in [0, 0.05) is 37.9 Å². The SMILES string of the molecule is CN=C(NC#N)NC1CCC(CNC(=O)[C@H]2CCC(=O)O2)(c2ccccc2)CC1. The minimum atomic E-state index is -0.672. The summed E-state index contributed by atoms with van der Waals surface area (Å²) in [6, 6.07) is 10.4. The minimum Gasteiger partial charge on any atom is -0.452 e. The van der Waals surface area contributed by atoms with E-state index < -0.39 is 6.10 Å². The van der Waals surface area contributed by atoms with Crippen LogP contribution in [0.1, 0.15) is 44.1 Å². The maximum Gasteiger partial charge on any atom is 0.306 e. The third-order valence-corrected chi connectivity index (χ3v) is 5.85. The molecule has 1 saturated carbocycles. The Morgan fingerprint density at radius 3 is 2.59 bits per heavy atom. The van der Waals surface area contributed by atoms with Gasteiger partial charge in [-0.05, 0) is 31.2 Å². The molecule has 1 heterocycles. The minimum absolute atomic E-state index is 0.177. The molecule has 29 heavy (non-hydrogen) atoms. The van der Waals surface area contributed by atoms with E-state index in [1.165, 1.54) is 5.56 Å². The van der Waals surface area contributed by atoms with Crippen molar-refractivity contribution < 1.29 is 14.3 Å². The quantitative estimate of drug-likeness (QED) is 0.227. The lowest BCUT2D eigenvalue weighted by atomic mass is 9.68. The molecule has 8 nitrogen and oxygen atoms in total. The molecule has 8 heteroatoms. The topological polar surface area (TPSA) is 116 Å². The van der Waals surface area contributed by atoms with Crippen LogP contribution in [-0.2, 0) is 19.7 Å². The van der Waals surface area contributed by atoms with Gasteiger partial charge >= 0.3 is 5.97 Å². The monoisotopic (exact) mass is 397 g/mol. The molecule has 1 aromatic rings. The maximum atomic E-state index is 12.5. The highest BCUT2D eigenvalue weighted by Crippen LogP contribution is 2.39. The van der Waals surface area contributed by atoms with Crippen molar-refractivity contribution in [2.24, 2.45) is 4.99 Å². The number of rotatable bonds is 5. The molecule has 2 aliphatic rings. The number of nitrogens with zero attached hydrogens (tertiary/aromatic N) is 2. The van der Waals surface area contributed by atoms with Gasteiger partial charge in [-0.1, -0.05) is 30.3 Å². The van der Waals surface area contributed by atoms with Gasteiger partial charge < -0.3 is 15.4 Å². The van der Waals surface area contributed by atoms with Crippen molar-refractivity contribution in [1.29, 1.82) is 5.26 Å². The molecule has 1 aliphatic carbocycles. The van der Waals surface area contributed by atoms with E-state index in [0.29, 0.717) is 25.3 Å². The van der Waals surface area contributed by atoms with E-state index in [0.717, 1.165) is 25.7 Å². The normalized spacial score (nSPS) is 26.9. The number of ether oxygens (including phenoxy) is 1. The van der Waals surface area contributed by atoms with Crippen molar-refractivity contribution in [3.8, 4) is 6.19 Å². The second-order valence-corrected chi connectivity index (χ2v) is 7.61. The van der Waals surface area contributed by atoms with E-state index in [2.05, 4.69) is 33.1 Å². The summed E-state index contributed by atoms with van der Waals surface area (Å²) in [5, 5.41) is 17.7. The zero-order valence-corrected chi connectivity index (χ0v) is 16.6. The number of hydrogen-bond donors (Lipinski definition) is 3. The number of nitrogens with one attached hydrogen (secondary N) is 3. The molecular weight excluding hydrogens is 370 g/mol. The Labute approximate surface area is 170 Å². The van der Waals surface area contributed by atoms with Gasteiger partial charge in [0.05, 0.1) is 0 Å². The fraction of sp³-hybridized carbons (Fsp3) is 0.524. The molecule has 2 fully saturated rings. The van der Waals surface area contributed by atoms with E-state index in [1.807, 2.05) is 24.4 Å². The molecule has 0 bridgehead atoms. The highest BCUT2D eigenvalue weighted by molar-refractivity contribution is 5.86. The highest BCUT2D eigenvalue weighted by Gasteiger charge is 2.38. The van der Waals surface area contributed by atoms with Crippen LogP contribution in [-0.4, -0.2) is 43.6 Å². The van der Waals surface area contributed by atoms with E-state index in [-0.39, 0.29) is 23.3 Å². The lowest BCUT2D eigenvalue weighted by Gasteiger charge is -2.41. The predicted molar refractivity (Wildman–Crippen MR) is 108 cm³/mol. The first-order valence-electron chi connectivity index (χ1n) is 9.97. The summed E-state index contributed by atoms with van der Waals surface area (Å²) in [7, 11) is 1.63. The molecular formula is C21H27N5O3. The van der Waals surface area contributed by atoms with Gasteiger partial charge in [-0.15, -0.1) is 0 Å². The van der Waals surface area contributed by atoms with Gasteiger partial charge in [-0.2, -0.15) is 5.26 Å². The molecule has 1 saturated heterocycles. The first-order chi connectivity index (χ1) is 14.1. The summed E-state index contributed by atoms with van der Waals surface area (Å²) in [6.45, 7) is 0.502. The molecule has 3 rings (SSSR count). The van der Waals surface area contributed by atoms with Crippen molar-refractivity contribution in [2.75, 3.05) is 13.6 Å². The summed E-state index contributed by atoms with van der Waals surface area (Å²) >= 11 is 0. The maximum absolute atomic E-state index is 12.5. The van der Waals surface area contributed by atoms with E-state index in [9.17, 15) is 9.59 Å². The van der Waals surface area contributed by atoms with Crippen molar-refractivity contribution >= 4 is 17.8 Å². The number of carbonyl (C=O) groups excluding carboxylic acids is 2. The number of aliphatic imine (C=N–C) groups is 1. The average molecular weight is 397 g/mol. The Morgan fingerprint density at radius 2 is 2.00 bits per heavy atom. The number of guanidine groups is 1. The second kappa shape index (κ2) is 9.41. The fourth-order valence-corrected chi connectivity index (χ4v) is 4.16. The molecule has 1 aliphatic heterocycles. The van der Waals surface area contributed by atoms with Gasteiger partial charge in [0.2, 0.25) is 5.96 Å². The van der Waals surface area contributed by atoms with Crippen LogP contribution >= 0.6 is 0 Å². The largest absolute Gasteiger partial charge is 0.452 e. The predicted octanol–water partition coefficient (Wildman–Crippen LogP) is 1.33. The number of esters is 1. The molecule has 0 aromatic heterocycles. The Hall–Kier alpha value is -3.08. The van der Waals surface area contributed by atoms with Crippen molar-refractivity contribution in [2.45, 2.75) is 56.1 Å². The molecule has 1 aromatic carbocycles. The molecule has 3 N–H and O–H groups in total. The van der Waals surface area contributed by atoms with Crippen LogP contribution in [0.5, 0.6) is 0 Å². The van der Waals surface area contributed by atoms with Crippen LogP contribution in [0.3, 0.4) is 0 Å². The molecule has 1 amide bonds. The van der Waals surface area contributed by atoms with E-state index in [4.69, 9.17) is 10.00 Å². The van der Waals surface area contributed by atoms with Crippen LogP contribution < -0.4 is 16.0 Å². The number of cyclic esters (lactones) is 1. The van der Waals surface area contributed by atoms with Gasteiger partial charge in [0.15, 0.2) is 12.3 Å². The van der Waals surface area contributed by atoms with Crippen LogP contribution in [0.25, 0.3) is 0 Å². The average Bonchev–Trinajstić information content (AvgIpc) is 3.20. The number of benzene rings is 1. The summed E-state index contributed by atoms with van der Waals surface area (Å²) in [5.74, 6) is -0.0556. The highest BCUT2D eigenvalue weighted by atomic mass is 16.6. The first-order valence-corrected chi connectivity index (χ1v) is 9.97. The van der Waals surface area contributed by atoms with Gasteiger partial charge in [-0.3, -0.25) is 19.9 Å². The third kappa shape index (κ3) is 5.05. The van der Waals surface area contributed by atoms with Gasteiger partial charge in [0.1, 0.15) is 0 Å². The summed E-state index contributed by atoms with van der Waals surface area (Å²) in [4.78, 5) is 27.8. The Balaban J connectivity index is 1.66. The van der Waals surface area contributed by atoms with Crippen molar-refractivity contribution in [3.05, 3.63) is 35.9 Å². The molecule has 154 valence electrons. The molecule has 1 atom stereocenters. The van der Waals surface area contributed by atoms with E-state index >= 15 is 0 Å². The Bertz CT molecular complexity index is 794. The standard InChI is InChI=1S/C21H27N5O3/c1-23-20(25-14-22)26-16-9-11-21(12-10-16,15-5-3-2-4-6-15)13-24-19(28)17-7-8-18(27)29-17/h2-6,16-17H,7-13H2,1H3,(H,24,28)(H2,23,25,26)/t16?,17-,21?/m1/s1. The third-order valence-electron chi connectivity index (χ3n) is 5.85. The Kier molecular flexibility index (Phi) is 6.70. The lowest BCUT2D eigenvalue weighted by molar-refractivity contribution is -0.148. The van der Waals surface area contributed by atoms with Gasteiger partial charge in [-0.25, -0.2) is 0 Å².